The van der Waals surface area contributed by atoms with Crippen molar-refractivity contribution in [3.8, 4) is 0 Å². The van der Waals surface area contributed by atoms with Gasteiger partial charge in [0.25, 0.3) is 0 Å². The number of hydrazone groups is 1. The van der Waals surface area contributed by atoms with Gasteiger partial charge in [-0.25, -0.2) is 4.79 Å². The topological polar surface area (TPSA) is 61.7 Å². The van der Waals surface area contributed by atoms with Crippen LogP contribution in [0.1, 0.15) is 13.3 Å². The first-order valence-electron chi connectivity index (χ1n) is 4.33. The first kappa shape index (κ1) is 10.2. The molecule has 0 aromatic rings. The minimum absolute atomic E-state index is 0.540. The van der Waals surface area contributed by atoms with Crippen LogP contribution in [0.2, 0.25) is 19.6 Å². The Morgan fingerprint density at radius 2 is 2.15 bits per heavy atom. The highest BCUT2D eigenvalue weighted by Crippen LogP contribution is 2.22. The molecule has 0 spiro atoms. The molecule has 0 saturated heterocycles. The average Bonchev–Trinajstić information content (AvgIpc) is 2.31. The molecule has 0 fully saturated rings. The predicted octanol–water partition coefficient (Wildman–Crippen LogP) is 1.06. The lowest BCUT2D eigenvalue weighted by molar-refractivity contribution is -0.143. The van der Waals surface area contributed by atoms with Gasteiger partial charge in [-0.2, -0.15) is 5.10 Å². The molecule has 4 nitrogen and oxygen atoms in total. The molecule has 0 aromatic heterocycles. The number of carboxylic acid groups (broad SMARTS) is 1. The quantitative estimate of drug-likeness (QED) is 0.655. The van der Waals surface area contributed by atoms with Crippen LogP contribution in [0.3, 0.4) is 0 Å². The maximum absolute atomic E-state index is 10.9. The Hall–Kier alpha value is -0.843. The number of rotatable bonds is 2. The Morgan fingerprint density at radius 3 is 2.38 bits per heavy atom. The summed E-state index contributed by atoms with van der Waals surface area (Å²) in [6.45, 7) is 8.18. The highest BCUT2D eigenvalue weighted by molar-refractivity contribution is 7.04. The van der Waals surface area contributed by atoms with Gasteiger partial charge in [-0.3, -0.25) is 5.43 Å². The SMILES string of the molecule is CC1(C(=O)O)CC([Si](C)(C)C)=NN1. The van der Waals surface area contributed by atoms with E-state index >= 15 is 0 Å². The maximum Gasteiger partial charge on any atom is 0.331 e. The molecule has 2 N–H and O–H groups in total. The minimum Gasteiger partial charge on any atom is -0.479 e. The molecule has 5 heteroatoms. The summed E-state index contributed by atoms with van der Waals surface area (Å²) in [5.41, 5.74) is 1.83. The number of hydrogen-bond acceptors (Lipinski definition) is 3. The number of aliphatic carboxylic acids is 1. The van der Waals surface area contributed by atoms with Crippen molar-refractivity contribution in [3.05, 3.63) is 0 Å². The summed E-state index contributed by atoms with van der Waals surface area (Å²) in [6.07, 6.45) is 0.540. The van der Waals surface area contributed by atoms with E-state index in [1.165, 1.54) is 0 Å². The second-order valence-electron chi connectivity index (χ2n) is 4.73. The molecule has 0 saturated carbocycles. The third-order valence-electron chi connectivity index (χ3n) is 2.30. The maximum atomic E-state index is 10.9. The molecule has 1 atom stereocenters. The van der Waals surface area contributed by atoms with Gasteiger partial charge < -0.3 is 5.11 Å². The van der Waals surface area contributed by atoms with E-state index in [9.17, 15) is 4.79 Å². The second kappa shape index (κ2) is 2.83. The van der Waals surface area contributed by atoms with E-state index < -0.39 is 19.6 Å². The van der Waals surface area contributed by atoms with Crippen LogP contribution in [0.4, 0.5) is 0 Å². The van der Waals surface area contributed by atoms with Gasteiger partial charge in [-0.05, 0) is 6.92 Å². The van der Waals surface area contributed by atoms with Crippen LogP contribution in [-0.2, 0) is 4.79 Å². The lowest BCUT2D eigenvalue weighted by Crippen LogP contribution is -2.45. The first-order chi connectivity index (χ1) is 5.76. The summed E-state index contributed by atoms with van der Waals surface area (Å²) in [7, 11) is -1.43. The van der Waals surface area contributed by atoms with E-state index in [0.29, 0.717) is 6.42 Å². The van der Waals surface area contributed by atoms with E-state index in [-0.39, 0.29) is 0 Å². The molecule has 13 heavy (non-hydrogen) atoms. The van der Waals surface area contributed by atoms with Crippen LogP contribution in [0.5, 0.6) is 0 Å². The molecular formula is C8H16N2O2Si. The summed E-state index contributed by atoms with van der Waals surface area (Å²) >= 11 is 0. The first-order valence-corrected chi connectivity index (χ1v) is 7.83. The van der Waals surface area contributed by atoms with Gasteiger partial charge in [0.05, 0.1) is 8.07 Å². The molecule has 0 aromatic carbocycles. The van der Waals surface area contributed by atoms with E-state index in [1.54, 1.807) is 6.92 Å². The van der Waals surface area contributed by atoms with Gasteiger partial charge in [-0.1, -0.05) is 19.6 Å². The van der Waals surface area contributed by atoms with Crippen molar-refractivity contribution < 1.29 is 9.90 Å². The Kier molecular flexibility index (Phi) is 2.23. The minimum atomic E-state index is -1.43. The van der Waals surface area contributed by atoms with Gasteiger partial charge in [0.15, 0.2) is 5.54 Å². The number of carbonyl (C=O) groups is 1. The van der Waals surface area contributed by atoms with Crippen molar-refractivity contribution in [1.82, 2.24) is 5.43 Å². The average molecular weight is 200 g/mol. The van der Waals surface area contributed by atoms with Gasteiger partial charge in [0.2, 0.25) is 0 Å². The van der Waals surface area contributed by atoms with Crippen LogP contribution in [0.25, 0.3) is 0 Å². The Bertz CT molecular complexity index is 270. The largest absolute Gasteiger partial charge is 0.479 e. The van der Waals surface area contributed by atoms with E-state index in [4.69, 9.17) is 5.11 Å². The summed E-state index contributed by atoms with van der Waals surface area (Å²) in [4.78, 5) is 10.9. The van der Waals surface area contributed by atoms with Crippen molar-refractivity contribution in [2.45, 2.75) is 38.5 Å². The molecule has 0 bridgehead atoms. The molecule has 1 aliphatic heterocycles. The summed E-state index contributed by atoms with van der Waals surface area (Å²) < 4.78 is 0. The lowest BCUT2D eigenvalue weighted by Gasteiger charge is -2.19. The third kappa shape index (κ3) is 1.91. The summed E-state index contributed by atoms with van der Waals surface area (Å²) in [5, 5.41) is 14.1. The Morgan fingerprint density at radius 1 is 1.62 bits per heavy atom. The third-order valence-corrected chi connectivity index (χ3v) is 4.32. The zero-order valence-corrected chi connectivity index (χ0v) is 9.51. The van der Waals surface area contributed by atoms with Crippen molar-refractivity contribution >= 4 is 19.4 Å². The molecule has 1 aliphatic rings. The van der Waals surface area contributed by atoms with Crippen LogP contribution >= 0.6 is 0 Å². The lowest BCUT2D eigenvalue weighted by atomic mass is 10.0. The fourth-order valence-electron chi connectivity index (χ4n) is 1.16. The fraction of sp³-hybridized carbons (Fsp3) is 0.750. The van der Waals surface area contributed by atoms with Crippen molar-refractivity contribution in [3.63, 3.8) is 0 Å². The number of nitrogens with one attached hydrogen (secondary N) is 1. The standard InChI is InChI=1S/C8H16N2O2Si/c1-8(7(11)12)5-6(9-10-8)13(2,3)4/h10H,5H2,1-4H3,(H,11,12). The number of carboxylic acids is 1. The van der Waals surface area contributed by atoms with Crippen LogP contribution in [0, 0.1) is 0 Å². The molecule has 1 unspecified atom stereocenters. The fourth-order valence-corrected chi connectivity index (χ4v) is 2.44. The monoisotopic (exact) mass is 200 g/mol. The van der Waals surface area contributed by atoms with Gasteiger partial charge in [0, 0.05) is 11.8 Å². The molecular weight excluding hydrogens is 184 g/mol. The smallest absolute Gasteiger partial charge is 0.331 e. The zero-order chi connectivity index (χ0) is 10.3. The molecule has 1 rings (SSSR count). The number of nitrogens with zero attached hydrogens (tertiary/aromatic N) is 1. The van der Waals surface area contributed by atoms with Crippen LogP contribution < -0.4 is 5.43 Å². The van der Waals surface area contributed by atoms with Gasteiger partial charge in [0.1, 0.15) is 0 Å². The zero-order valence-electron chi connectivity index (χ0n) is 8.51. The van der Waals surface area contributed by atoms with E-state index in [1.807, 2.05) is 0 Å². The van der Waals surface area contributed by atoms with Crippen LogP contribution in [-0.4, -0.2) is 30.0 Å². The van der Waals surface area contributed by atoms with Crippen LogP contribution in [0.15, 0.2) is 5.10 Å². The summed E-state index contributed by atoms with van der Waals surface area (Å²) in [5.74, 6) is -0.829. The van der Waals surface area contributed by atoms with Crippen molar-refractivity contribution in [2.75, 3.05) is 0 Å². The molecule has 74 valence electrons. The summed E-state index contributed by atoms with van der Waals surface area (Å²) in [6, 6.07) is 0. The highest BCUT2D eigenvalue weighted by Gasteiger charge is 2.42. The Balaban J connectivity index is 2.77. The van der Waals surface area contributed by atoms with Gasteiger partial charge in [-0.15, -0.1) is 0 Å². The van der Waals surface area contributed by atoms with Crippen molar-refractivity contribution in [1.29, 1.82) is 0 Å². The number of hydrogen-bond donors (Lipinski definition) is 2. The molecule has 0 amide bonds. The van der Waals surface area contributed by atoms with E-state index in [2.05, 4.69) is 30.2 Å². The second-order valence-corrected chi connectivity index (χ2v) is 9.81. The highest BCUT2D eigenvalue weighted by atomic mass is 28.3. The molecule has 1 heterocycles. The van der Waals surface area contributed by atoms with E-state index in [0.717, 1.165) is 5.33 Å². The molecule has 0 radical (unpaired) electrons. The predicted molar refractivity (Wildman–Crippen MR) is 54.6 cm³/mol. The molecule has 0 aliphatic carbocycles. The normalized spacial score (nSPS) is 28.2. The van der Waals surface area contributed by atoms with Crippen molar-refractivity contribution in [2.24, 2.45) is 5.10 Å². The Labute approximate surface area is 79.0 Å². The van der Waals surface area contributed by atoms with Gasteiger partial charge >= 0.3 is 5.97 Å².